The van der Waals surface area contributed by atoms with E-state index < -0.39 is 0 Å². The molecule has 0 saturated carbocycles. The van der Waals surface area contributed by atoms with Crippen LogP contribution < -0.4 is 0 Å². The third kappa shape index (κ3) is 2.71. The van der Waals surface area contributed by atoms with E-state index in [0.717, 1.165) is 0 Å². The number of quaternary nitrogens is 1. The number of carbonyl (C=O) groups excluding carboxylic acids is 1. The quantitative estimate of drug-likeness (QED) is 0.563. The molecule has 0 amide bonds. The van der Waals surface area contributed by atoms with Crippen molar-refractivity contribution in [2.75, 3.05) is 27.4 Å². The average Bonchev–Trinajstić information content (AvgIpc) is 1.83. The van der Waals surface area contributed by atoms with Crippen molar-refractivity contribution in [2.24, 2.45) is 0 Å². The fraction of sp³-hybridized carbons (Fsp3) is 0.857. The number of hydrogen-bond acceptors (Lipinski definition) is 2. The van der Waals surface area contributed by atoms with E-state index in [2.05, 4.69) is 0 Å². The lowest BCUT2D eigenvalue weighted by molar-refractivity contribution is -0.883. The highest BCUT2D eigenvalue weighted by Gasteiger charge is 2.24. The minimum atomic E-state index is 0.0926. The van der Waals surface area contributed by atoms with Crippen LogP contribution in [0.15, 0.2) is 0 Å². The van der Waals surface area contributed by atoms with Crippen LogP contribution in [0.3, 0.4) is 0 Å². The lowest BCUT2D eigenvalue weighted by Gasteiger charge is -2.29. The molecule has 0 heterocycles. The molecule has 3 heteroatoms. The number of nitrogens with zero attached hydrogens (tertiary/aromatic N) is 1. The van der Waals surface area contributed by atoms with Gasteiger partial charge in [-0.1, -0.05) is 11.8 Å². The molecule has 0 radical (unpaired) electrons. The number of thioether (sulfide) groups is 1. The highest BCUT2D eigenvalue weighted by Crippen LogP contribution is 2.09. The summed E-state index contributed by atoms with van der Waals surface area (Å²) in [6, 6.07) is 0.0926. The maximum absolute atomic E-state index is 11.1. The van der Waals surface area contributed by atoms with Gasteiger partial charge in [0.15, 0.2) is 6.04 Å². The van der Waals surface area contributed by atoms with Crippen molar-refractivity contribution in [1.82, 2.24) is 0 Å². The highest BCUT2D eigenvalue weighted by molar-refractivity contribution is 8.13. The van der Waals surface area contributed by atoms with Gasteiger partial charge in [0, 0.05) is 0 Å². The predicted molar refractivity (Wildman–Crippen MR) is 46.0 cm³/mol. The summed E-state index contributed by atoms with van der Waals surface area (Å²) >= 11 is 1.31. The normalized spacial score (nSPS) is 14.9. The van der Waals surface area contributed by atoms with Crippen molar-refractivity contribution in [1.29, 1.82) is 0 Å². The van der Waals surface area contributed by atoms with Gasteiger partial charge in [0.1, 0.15) is 0 Å². The van der Waals surface area contributed by atoms with Gasteiger partial charge >= 0.3 is 0 Å². The molecular formula is C7H16NOS+. The molecule has 1 unspecified atom stereocenters. The molecule has 0 aliphatic heterocycles. The fourth-order valence-electron chi connectivity index (χ4n) is 0.487. The zero-order valence-corrected chi connectivity index (χ0v) is 8.16. The third-order valence-electron chi connectivity index (χ3n) is 1.70. The molecule has 0 aromatic rings. The van der Waals surface area contributed by atoms with Gasteiger partial charge in [-0.3, -0.25) is 4.79 Å². The van der Waals surface area contributed by atoms with E-state index in [1.807, 2.05) is 34.3 Å². The van der Waals surface area contributed by atoms with Gasteiger partial charge in [-0.25, -0.2) is 0 Å². The summed E-state index contributed by atoms with van der Waals surface area (Å²) in [6.45, 7) is 1.96. The number of carbonyl (C=O) groups is 1. The molecule has 0 spiro atoms. The van der Waals surface area contributed by atoms with Gasteiger partial charge in [-0.15, -0.1) is 0 Å². The first-order valence-electron chi connectivity index (χ1n) is 3.28. The number of hydrogen-bond donors (Lipinski definition) is 0. The van der Waals surface area contributed by atoms with Gasteiger partial charge in [-0.05, 0) is 13.2 Å². The summed E-state index contributed by atoms with van der Waals surface area (Å²) < 4.78 is 0.708. The largest absolute Gasteiger partial charge is 0.322 e. The third-order valence-corrected chi connectivity index (χ3v) is 2.45. The van der Waals surface area contributed by atoms with E-state index in [-0.39, 0.29) is 11.2 Å². The number of rotatable bonds is 2. The standard InChI is InChI=1S/C7H16NOS/c1-6(7(9)10-5)8(2,3)4/h6H,1-5H3/q+1. The van der Waals surface area contributed by atoms with Crippen LogP contribution in [0.4, 0.5) is 0 Å². The monoisotopic (exact) mass is 162 g/mol. The maximum Gasteiger partial charge on any atom is 0.245 e. The van der Waals surface area contributed by atoms with Crippen LogP contribution in [-0.2, 0) is 4.79 Å². The zero-order valence-electron chi connectivity index (χ0n) is 7.34. The van der Waals surface area contributed by atoms with Crippen LogP contribution in [0.2, 0.25) is 0 Å². The maximum atomic E-state index is 11.1. The molecular weight excluding hydrogens is 146 g/mol. The van der Waals surface area contributed by atoms with Crippen LogP contribution in [0.5, 0.6) is 0 Å². The molecule has 0 fully saturated rings. The van der Waals surface area contributed by atoms with Gasteiger partial charge in [0.05, 0.1) is 21.1 Å². The Morgan fingerprint density at radius 1 is 1.40 bits per heavy atom. The second kappa shape index (κ2) is 3.39. The molecule has 0 saturated heterocycles. The molecule has 2 nitrogen and oxygen atoms in total. The first-order chi connectivity index (χ1) is 4.39. The Balaban J connectivity index is 4.08. The summed E-state index contributed by atoms with van der Waals surface area (Å²) in [5.74, 6) is 0. The Morgan fingerprint density at radius 3 is 1.90 bits per heavy atom. The van der Waals surface area contributed by atoms with E-state index in [4.69, 9.17) is 0 Å². The van der Waals surface area contributed by atoms with E-state index in [9.17, 15) is 4.79 Å². The minimum absolute atomic E-state index is 0.0926. The van der Waals surface area contributed by atoms with Crippen molar-refractivity contribution >= 4 is 16.9 Å². The summed E-state index contributed by atoms with van der Waals surface area (Å²) in [7, 11) is 6.08. The molecule has 1 atom stereocenters. The molecule has 0 aromatic carbocycles. The molecule has 0 aromatic heterocycles. The summed E-state index contributed by atoms with van der Waals surface area (Å²) in [5, 5.41) is 0.257. The van der Waals surface area contributed by atoms with Gasteiger partial charge in [-0.2, -0.15) is 0 Å². The number of likely N-dealkylation sites (N-methyl/N-ethyl adjacent to an activating group) is 1. The zero-order chi connectivity index (χ0) is 8.36. The van der Waals surface area contributed by atoms with Crippen LogP contribution in [0, 0.1) is 0 Å². The molecule has 0 aliphatic carbocycles. The lowest BCUT2D eigenvalue weighted by Crippen LogP contribution is -2.46. The minimum Gasteiger partial charge on any atom is -0.322 e. The predicted octanol–water partition coefficient (Wildman–Crippen LogP) is 0.971. The van der Waals surface area contributed by atoms with Crippen molar-refractivity contribution < 1.29 is 9.28 Å². The molecule has 0 N–H and O–H groups in total. The van der Waals surface area contributed by atoms with E-state index in [1.54, 1.807) is 0 Å². The first-order valence-corrected chi connectivity index (χ1v) is 4.51. The van der Waals surface area contributed by atoms with Crippen molar-refractivity contribution in [2.45, 2.75) is 13.0 Å². The van der Waals surface area contributed by atoms with Crippen LogP contribution in [0.25, 0.3) is 0 Å². The molecule has 10 heavy (non-hydrogen) atoms. The summed E-state index contributed by atoms with van der Waals surface area (Å²) in [4.78, 5) is 11.1. The van der Waals surface area contributed by atoms with Crippen molar-refractivity contribution in [3.8, 4) is 0 Å². The average molecular weight is 162 g/mol. The topological polar surface area (TPSA) is 17.1 Å². The Kier molecular flexibility index (Phi) is 3.39. The fourth-order valence-corrected chi connectivity index (χ4v) is 1.14. The lowest BCUT2D eigenvalue weighted by atomic mass is 10.3. The summed E-state index contributed by atoms with van der Waals surface area (Å²) in [6.07, 6.45) is 1.83. The molecule has 0 rings (SSSR count). The second-order valence-corrected chi connectivity index (χ2v) is 4.13. The Bertz CT molecular complexity index is 128. The Morgan fingerprint density at radius 2 is 1.80 bits per heavy atom. The Hall–Kier alpha value is -0.0200. The molecule has 0 aliphatic rings. The first kappa shape index (κ1) is 9.98. The van der Waals surface area contributed by atoms with Crippen LogP contribution in [-0.4, -0.2) is 43.0 Å². The van der Waals surface area contributed by atoms with Crippen LogP contribution in [0.1, 0.15) is 6.92 Å². The SMILES string of the molecule is CSC(=O)C(C)[N+](C)(C)C. The van der Waals surface area contributed by atoms with Crippen molar-refractivity contribution in [3.05, 3.63) is 0 Å². The second-order valence-electron chi connectivity index (χ2n) is 3.32. The molecule has 60 valence electrons. The van der Waals surface area contributed by atoms with E-state index in [1.165, 1.54) is 11.8 Å². The van der Waals surface area contributed by atoms with Gasteiger partial charge < -0.3 is 4.48 Å². The van der Waals surface area contributed by atoms with E-state index >= 15 is 0 Å². The van der Waals surface area contributed by atoms with Gasteiger partial charge in [0.2, 0.25) is 5.12 Å². The van der Waals surface area contributed by atoms with Crippen LogP contribution >= 0.6 is 11.8 Å². The van der Waals surface area contributed by atoms with E-state index in [0.29, 0.717) is 4.48 Å². The highest BCUT2D eigenvalue weighted by atomic mass is 32.2. The summed E-state index contributed by atoms with van der Waals surface area (Å²) in [5.41, 5.74) is 0. The smallest absolute Gasteiger partial charge is 0.245 e. The Labute approximate surface area is 67.2 Å². The van der Waals surface area contributed by atoms with Gasteiger partial charge in [0.25, 0.3) is 0 Å². The van der Waals surface area contributed by atoms with Crippen molar-refractivity contribution in [3.63, 3.8) is 0 Å². The molecule has 0 bridgehead atoms.